The quantitative estimate of drug-likeness (QED) is 0.888. The van der Waals surface area contributed by atoms with E-state index >= 15 is 0 Å². The zero-order chi connectivity index (χ0) is 15.3. The van der Waals surface area contributed by atoms with E-state index in [1.54, 1.807) is 11.8 Å². The minimum atomic E-state index is -4.32. The first-order chi connectivity index (χ1) is 10.0. The molecule has 1 aromatic rings. The number of hydrogen-bond acceptors (Lipinski definition) is 3. The molecule has 2 unspecified atom stereocenters. The van der Waals surface area contributed by atoms with Crippen LogP contribution in [0.1, 0.15) is 44.1 Å². The van der Waals surface area contributed by atoms with E-state index in [2.05, 4.69) is 10.3 Å². The highest BCUT2D eigenvalue weighted by Gasteiger charge is 2.31. The summed E-state index contributed by atoms with van der Waals surface area (Å²) < 4.78 is 37.6. The Balaban J connectivity index is 2.04. The zero-order valence-corrected chi connectivity index (χ0v) is 12.9. The van der Waals surface area contributed by atoms with Crippen molar-refractivity contribution in [3.8, 4) is 0 Å². The maximum absolute atomic E-state index is 12.5. The van der Waals surface area contributed by atoms with E-state index < -0.39 is 11.7 Å². The number of rotatable bonds is 3. The Hall–Kier alpha value is -0.750. The van der Waals surface area contributed by atoms with Crippen molar-refractivity contribution in [1.29, 1.82) is 0 Å². The molecule has 2 atom stereocenters. The third-order valence-electron chi connectivity index (χ3n) is 3.91. The van der Waals surface area contributed by atoms with Crippen molar-refractivity contribution in [2.45, 2.75) is 61.0 Å². The Morgan fingerprint density at radius 1 is 1.14 bits per heavy atom. The van der Waals surface area contributed by atoms with Crippen LogP contribution in [0.4, 0.5) is 13.2 Å². The number of halogens is 3. The molecule has 1 heterocycles. The summed E-state index contributed by atoms with van der Waals surface area (Å²) in [7, 11) is 1.96. The predicted octanol–water partition coefficient (Wildman–Crippen LogP) is 4.50. The summed E-state index contributed by atoms with van der Waals surface area (Å²) in [4.78, 5) is 3.98. The molecular formula is C15H21F3N2S. The topological polar surface area (TPSA) is 24.9 Å². The molecule has 1 fully saturated rings. The first-order valence-electron chi connectivity index (χ1n) is 7.38. The number of hydrogen-bond donors (Lipinski definition) is 1. The van der Waals surface area contributed by atoms with E-state index in [1.807, 2.05) is 7.05 Å². The molecule has 2 rings (SSSR count). The van der Waals surface area contributed by atoms with Gasteiger partial charge in [-0.25, -0.2) is 4.98 Å². The maximum atomic E-state index is 12.5. The lowest BCUT2D eigenvalue weighted by molar-refractivity contribution is -0.137. The van der Waals surface area contributed by atoms with Gasteiger partial charge < -0.3 is 5.32 Å². The Labute approximate surface area is 127 Å². The minimum Gasteiger partial charge on any atom is -0.316 e. The molecule has 0 amide bonds. The van der Waals surface area contributed by atoms with Gasteiger partial charge in [0.25, 0.3) is 0 Å². The molecule has 1 aliphatic rings. The standard InChI is InChI=1S/C15H21F3N2S/c1-19-12-6-4-2-3-5-7-13(12)21-14-9-8-11(10-20-14)15(16,17)18/h8-10,12-13,19H,2-7H2,1H3. The van der Waals surface area contributed by atoms with Crippen LogP contribution < -0.4 is 5.32 Å². The van der Waals surface area contributed by atoms with Crippen LogP contribution in [0.3, 0.4) is 0 Å². The lowest BCUT2D eigenvalue weighted by atomic mass is 9.96. The Bertz CT molecular complexity index is 434. The van der Waals surface area contributed by atoms with Gasteiger partial charge in [-0.15, -0.1) is 11.8 Å². The largest absolute Gasteiger partial charge is 0.417 e. The summed E-state index contributed by atoms with van der Waals surface area (Å²) in [6.45, 7) is 0. The fraction of sp³-hybridized carbons (Fsp3) is 0.667. The van der Waals surface area contributed by atoms with Gasteiger partial charge in [0.1, 0.15) is 0 Å². The van der Waals surface area contributed by atoms with Crippen LogP contribution in [0.15, 0.2) is 23.4 Å². The van der Waals surface area contributed by atoms with Crippen molar-refractivity contribution in [1.82, 2.24) is 10.3 Å². The summed E-state index contributed by atoms with van der Waals surface area (Å²) in [5.74, 6) is 0. The number of thioether (sulfide) groups is 1. The van der Waals surface area contributed by atoms with Crippen LogP contribution in [0.5, 0.6) is 0 Å². The summed E-state index contributed by atoms with van der Waals surface area (Å²) in [6, 6.07) is 3.01. The molecule has 118 valence electrons. The highest BCUT2D eigenvalue weighted by atomic mass is 32.2. The zero-order valence-electron chi connectivity index (χ0n) is 12.1. The summed E-state index contributed by atoms with van der Waals surface area (Å²) in [6.07, 6.45) is 3.72. The fourth-order valence-corrected chi connectivity index (χ4v) is 3.99. The third kappa shape index (κ3) is 4.88. The summed E-state index contributed by atoms with van der Waals surface area (Å²) in [5.41, 5.74) is -0.685. The molecule has 0 bridgehead atoms. The molecule has 0 saturated heterocycles. The molecule has 1 saturated carbocycles. The van der Waals surface area contributed by atoms with E-state index in [4.69, 9.17) is 0 Å². The molecule has 2 nitrogen and oxygen atoms in total. The number of pyridine rings is 1. The van der Waals surface area contributed by atoms with Crippen LogP contribution in [0.2, 0.25) is 0 Å². The SMILES string of the molecule is CNC1CCCCCCC1Sc1ccc(C(F)(F)F)cn1. The highest BCUT2D eigenvalue weighted by molar-refractivity contribution is 7.99. The van der Waals surface area contributed by atoms with Crippen LogP contribution in [-0.4, -0.2) is 23.3 Å². The van der Waals surface area contributed by atoms with Gasteiger partial charge in [-0.3, -0.25) is 0 Å². The van der Waals surface area contributed by atoms with Gasteiger partial charge in [0.2, 0.25) is 0 Å². The first kappa shape index (κ1) is 16.6. The Kier molecular flexibility index (Phi) is 5.93. The molecular weight excluding hydrogens is 297 g/mol. The van der Waals surface area contributed by atoms with Crippen LogP contribution in [-0.2, 0) is 6.18 Å². The molecule has 1 N–H and O–H groups in total. The van der Waals surface area contributed by atoms with E-state index in [1.165, 1.54) is 31.7 Å². The van der Waals surface area contributed by atoms with Gasteiger partial charge in [-0.05, 0) is 32.0 Å². The van der Waals surface area contributed by atoms with Crippen molar-refractivity contribution in [2.24, 2.45) is 0 Å². The number of alkyl halides is 3. The second-order valence-corrected chi connectivity index (χ2v) is 6.69. The van der Waals surface area contributed by atoms with E-state index in [0.717, 1.165) is 25.1 Å². The molecule has 0 aromatic carbocycles. The van der Waals surface area contributed by atoms with Crippen LogP contribution in [0, 0.1) is 0 Å². The Morgan fingerprint density at radius 3 is 2.43 bits per heavy atom. The number of aromatic nitrogens is 1. The van der Waals surface area contributed by atoms with Gasteiger partial charge in [-0.2, -0.15) is 13.2 Å². The molecule has 1 aromatic heterocycles. The van der Waals surface area contributed by atoms with Crippen molar-refractivity contribution >= 4 is 11.8 Å². The van der Waals surface area contributed by atoms with Crippen molar-refractivity contribution < 1.29 is 13.2 Å². The smallest absolute Gasteiger partial charge is 0.316 e. The van der Waals surface area contributed by atoms with Gasteiger partial charge in [0.05, 0.1) is 10.6 Å². The second kappa shape index (κ2) is 7.49. The average molecular weight is 318 g/mol. The van der Waals surface area contributed by atoms with E-state index in [9.17, 15) is 13.2 Å². The second-order valence-electron chi connectivity index (χ2n) is 5.43. The maximum Gasteiger partial charge on any atom is 0.417 e. The van der Waals surface area contributed by atoms with E-state index in [0.29, 0.717) is 16.3 Å². The van der Waals surface area contributed by atoms with Crippen molar-refractivity contribution in [3.63, 3.8) is 0 Å². The molecule has 0 spiro atoms. The summed E-state index contributed by atoms with van der Waals surface area (Å²) in [5, 5.41) is 4.40. The molecule has 0 radical (unpaired) electrons. The van der Waals surface area contributed by atoms with Gasteiger partial charge in [0, 0.05) is 17.5 Å². The monoisotopic (exact) mass is 318 g/mol. The molecule has 1 aliphatic carbocycles. The van der Waals surface area contributed by atoms with Crippen LogP contribution >= 0.6 is 11.8 Å². The lowest BCUT2D eigenvalue weighted by Crippen LogP contribution is -2.36. The summed E-state index contributed by atoms with van der Waals surface area (Å²) >= 11 is 1.60. The lowest BCUT2D eigenvalue weighted by Gasteiger charge is -2.28. The predicted molar refractivity (Wildman–Crippen MR) is 79.4 cm³/mol. The van der Waals surface area contributed by atoms with Crippen molar-refractivity contribution in [2.75, 3.05) is 7.05 Å². The van der Waals surface area contributed by atoms with Crippen molar-refractivity contribution in [3.05, 3.63) is 23.9 Å². The Morgan fingerprint density at radius 2 is 1.86 bits per heavy atom. The van der Waals surface area contributed by atoms with Gasteiger partial charge in [0.15, 0.2) is 0 Å². The highest BCUT2D eigenvalue weighted by Crippen LogP contribution is 2.33. The normalized spacial score (nSPS) is 24.4. The van der Waals surface area contributed by atoms with Gasteiger partial charge in [-0.1, -0.05) is 25.7 Å². The molecule has 21 heavy (non-hydrogen) atoms. The fourth-order valence-electron chi connectivity index (χ4n) is 2.69. The number of nitrogens with one attached hydrogen (secondary N) is 1. The average Bonchev–Trinajstić information content (AvgIpc) is 2.42. The van der Waals surface area contributed by atoms with Gasteiger partial charge >= 0.3 is 6.18 Å². The molecule has 0 aliphatic heterocycles. The third-order valence-corrected chi connectivity index (χ3v) is 5.26. The molecule has 6 heteroatoms. The first-order valence-corrected chi connectivity index (χ1v) is 8.26. The minimum absolute atomic E-state index is 0.375. The van der Waals surface area contributed by atoms with E-state index in [-0.39, 0.29) is 0 Å². The van der Waals surface area contributed by atoms with Crippen LogP contribution in [0.25, 0.3) is 0 Å². The number of nitrogens with zero attached hydrogens (tertiary/aromatic N) is 1.